The van der Waals surface area contributed by atoms with Crippen LogP contribution in [-0.2, 0) is 19.1 Å². The van der Waals surface area contributed by atoms with Gasteiger partial charge in [-0.1, -0.05) is 48.4 Å². The smallest absolute Gasteiger partial charge is 0.302 e. The fraction of sp³-hybridized carbons (Fsp3) is 0.871. The Morgan fingerprint density at radius 3 is 2.39 bits per heavy atom. The van der Waals surface area contributed by atoms with E-state index >= 15 is 0 Å². The predicted molar refractivity (Wildman–Crippen MR) is 149 cm³/mol. The Balaban J connectivity index is 1.59. The van der Waals surface area contributed by atoms with Gasteiger partial charge in [-0.25, -0.2) is 4.39 Å². The van der Waals surface area contributed by atoms with Crippen LogP contribution in [-0.4, -0.2) is 45.9 Å². The largest absolute Gasteiger partial charge is 0.462 e. The standard InChI is InChI=1S/C31H48BrFO5/c1-17(8-11-26(33)29(4,5)36)22-9-10-23-28-24(12-13-30(22,23)6)31(7)20(15-25(28)32)14-21(37-18(2)34)16-27(31)38-19(3)35/h15,17,21-28,36H,8-14,16H2,1-7H3/t17-,21-,22-,23+,24+,25+,26?,27+,28+,30-,31+/m1/s1. The molecule has 0 aromatic carbocycles. The molecule has 3 fully saturated rings. The summed E-state index contributed by atoms with van der Waals surface area (Å²) < 4.78 is 26.2. The van der Waals surface area contributed by atoms with E-state index in [-0.39, 0.29) is 39.8 Å². The number of ether oxygens (including phenoxy) is 2. The van der Waals surface area contributed by atoms with Crippen LogP contribution >= 0.6 is 15.9 Å². The molecule has 5 nitrogen and oxygen atoms in total. The van der Waals surface area contributed by atoms with Crippen LogP contribution in [0.25, 0.3) is 0 Å². The maximum absolute atomic E-state index is 14.6. The molecule has 4 aliphatic rings. The Morgan fingerprint density at radius 1 is 1.13 bits per heavy atom. The van der Waals surface area contributed by atoms with E-state index in [2.05, 4.69) is 42.8 Å². The number of alkyl halides is 2. The van der Waals surface area contributed by atoms with Crippen molar-refractivity contribution >= 4 is 27.9 Å². The summed E-state index contributed by atoms with van der Waals surface area (Å²) in [5, 5.41) is 10.1. The van der Waals surface area contributed by atoms with Crippen LogP contribution in [0.2, 0.25) is 0 Å². The highest BCUT2D eigenvalue weighted by molar-refractivity contribution is 9.09. The van der Waals surface area contributed by atoms with Gasteiger partial charge in [-0.05, 0) is 87.4 Å². The fourth-order valence-electron chi connectivity index (χ4n) is 9.24. The second kappa shape index (κ2) is 10.8. The Bertz CT molecular complexity index is 945. The molecule has 1 N–H and O–H groups in total. The summed E-state index contributed by atoms with van der Waals surface area (Å²) in [6, 6.07) is 0. The molecule has 38 heavy (non-hydrogen) atoms. The highest BCUT2D eigenvalue weighted by Crippen LogP contribution is 2.68. The van der Waals surface area contributed by atoms with Gasteiger partial charge in [0, 0.05) is 36.9 Å². The van der Waals surface area contributed by atoms with Crippen LogP contribution in [0.1, 0.15) is 99.8 Å². The molecule has 0 bridgehead atoms. The summed E-state index contributed by atoms with van der Waals surface area (Å²) in [7, 11) is 0. The number of rotatable bonds is 7. The van der Waals surface area contributed by atoms with Crippen molar-refractivity contribution in [3.63, 3.8) is 0 Å². The molecule has 216 valence electrons. The summed E-state index contributed by atoms with van der Waals surface area (Å²) >= 11 is 4.08. The van der Waals surface area contributed by atoms with Crippen molar-refractivity contribution in [2.24, 2.45) is 40.4 Å². The average molecular weight is 600 g/mol. The van der Waals surface area contributed by atoms with Gasteiger partial charge in [0.2, 0.25) is 0 Å². The Morgan fingerprint density at radius 2 is 1.79 bits per heavy atom. The lowest BCUT2D eigenvalue weighted by molar-refractivity contribution is -0.171. The molecule has 0 aromatic heterocycles. The topological polar surface area (TPSA) is 72.8 Å². The molecule has 0 aliphatic heterocycles. The van der Waals surface area contributed by atoms with Crippen LogP contribution in [0.4, 0.5) is 4.39 Å². The Hall–Kier alpha value is -0.950. The van der Waals surface area contributed by atoms with Crippen molar-refractivity contribution in [1.82, 2.24) is 0 Å². The second-order valence-electron chi connectivity index (χ2n) is 13.9. The lowest BCUT2D eigenvalue weighted by Gasteiger charge is -2.61. The summed E-state index contributed by atoms with van der Waals surface area (Å²) in [4.78, 5) is 24.2. The molecule has 0 saturated heterocycles. The predicted octanol–water partition coefficient (Wildman–Crippen LogP) is 6.94. The molecule has 1 unspecified atom stereocenters. The minimum absolute atomic E-state index is 0.181. The van der Waals surface area contributed by atoms with E-state index in [9.17, 15) is 19.1 Å². The average Bonchev–Trinajstić information content (AvgIpc) is 3.14. The zero-order valence-corrected chi connectivity index (χ0v) is 25.9. The van der Waals surface area contributed by atoms with Gasteiger partial charge in [0.25, 0.3) is 0 Å². The minimum atomic E-state index is -1.29. The summed E-state index contributed by atoms with van der Waals surface area (Å²) in [6.45, 7) is 13.0. The zero-order valence-electron chi connectivity index (χ0n) is 24.3. The third kappa shape index (κ3) is 5.36. The quantitative estimate of drug-likeness (QED) is 0.195. The van der Waals surface area contributed by atoms with Crippen molar-refractivity contribution in [3.05, 3.63) is 11.6 Å². The Labute approximate surface area is 236 Å². The van der Waals surface area contributed by atoms with Gasteiger partial charge >= 0.3 is 11.9 Å². The number of carbonyl (C=O) groups is 2. The molecule has 0 spiro atoms. The lowest BCUT2D eigenvalue weighted by Crippen LogP contribution is -2.59. The molecule has 11 atom stereocenters. The van der Waals surface area contributed by atoms with Gasteiger partial charge in [0.05, 0.1) is 5.60 Å². The zero-order chi connectivity index (χ0) is 28.2. The van der Waals surface area contributed by atoms with E-state index in [4.69, 9.17) is 9.47 Å². The van der Waals surface area contributed by atoms with Crippen LogP contribution in [0, 0.1) is 40.4 Å². The van der Waals surface area contributed by atoms with Gasteiger partial charge < -0.3 is 14.6 Å². The molecule has 0 amide bonds. The first-order valence-electron chi connectivity index (χ1n) is 14.6. The number of aliphatic hydroxyl groups is 1. The molecule has 3 saturated carbocycles. The maximum Gasteiger partial charge on any atom is 0.302 e. The summed E-state index contributed by atoms with van der Waals surface area (Å²) in [6.07, 6.45) is 7.43. The van der Waals surface area contributed by atoms with Gasteiger partial charge in [-0.3, -0.25) is 9.59 Å². The van der Waals surface area contributed by atoms with Crippen LogP contribution in [0.15, 0.2) is 11.6 Å². The Kier molecular flexibility index (Phi) is 8.53. The van der Waals surface area contributed by atoms with Crippen LogP contribution < -0.4 is 0 Å². The second-order valence-corrected chi connectivity index (χ2v) is 14.9. The minimum Gasteiger partial charge on any atom is -0.462 e. The summed E-state index contributed by atoms with van der Waals surface area (Å²) in [5.41, 5.74) is -0.147. The van der Waals surface area contributed by atoms with Gasteiger partial charge in [0.15, 0.2) is 0 Å². The van der Waals surface area contributed by atoms with Crippen LogP contribution in [0.5, 0.6) is 0 Å². The fourth-order valence-corrected chi connectivity index (χ4v) is 10.3. The number of hydrogen-bond donors (Lipinski definition) is 1. The molecular weight excluding hydrogens is 551 g/mol. The first kappa shape index (κ1) is 30.0. The van der Waals surface area contributed by atoms with E-state index in [1.807, 2.05) is 0 Å². The first-order valence-corrected chi connectivity index (χ1v) is 15.6. The van der Waals surface area contributed by atoms with Crippen molar-refractivity contribution in [1.29, 1.82) is 0 Å². The van der Waals surface area contributed by atoms with Gasteiger partial charge in [0.1, 0.15) is 18.4 Å². The third-order valence-corrected chi connectivity index (χ3v) is 12.0. The van der Waals surface area contributed by atoms with Crippen LogP contribution in [0.3, 0.4) is 0 Å². The SMILES string of the molecule is CC(=O)O[C@@H]1CC2=C[C@H](Br)[C@H]3[C@@H]4CC[C@H]([C@H](C)CCC(F)C(C)(C)O)[C@@]4(C)CC[C@@H]3[C@@]2(C)[C@@H](OC(C)=O)C1. The lowest BCUT2D eigenvalue weighted by atomic mass is 9.46. The molecule has 0 heterocycles. The highest BCUT2D eigenvalue weighted by Gasteiger charge is 2.63. The third-order valence-electron chi connectivity index (χ3n) is 11.2. The molecule has 7 heteroatoms. The molecule has 0 radical (unpaired) electrons. The normalized spacial score (nSPS) is 42.2. The van der Waals surface area contributed by atoms with Gasteiger partial charge in [-0.15, -0.1) is 0 Å². The van der Waals surface area contributed by atoms with E-state index in [1.54, 1.807) is 13.8 Å². The number of fused-ring (bicyclic) bond motifs is 5. The highest BCUT2D eigenvalue weighted by atomic mass is 79.9. The molecular formula is C31H48BrFO5. The van der Waals surface area contributed by atoms with Gasteiger partial charge in [-0.2, -0.15) is 0 Å². The van der Waals surface area contributed by atoms with E-state index in [0.717, 1.165) is 32.1 Å². The van der Waals surface area contributed by atoms with E-state index < -0.39 is 11.8 Å². The van der Waals surface area contributed by atoms with Crippen molar-refractivity contribution < 1.29 is 28.6 Å². The van der Waals surface area contributed by atoms with E-state index in [1.165, 1.54) is 19.4 Å². The molecule has 4 aliphatic carbocycles. The number of allylic oxidation sites excluding steroid dienone is 1. The first-order chi connectivity index (χ1) is 17.6. The summed E-state index contributed by atoms with van der Waals surface area (Å²) in [5.74, 6) is 1.67. The number of halogens is 2. The van der Waals surface area contributed by atoms with Crippen molar-refractivity contribution in [3.8, 4) is 0 Å². The van der Waals surface area contributed by atoms with Crippen molar-refractivity contribution in [2.75, 3.05) is 0 Å². The monoisotopic (exact) mass is 598 g/mol. The molecule has 4 rings (SSSR count). The van der Waals surface area contributed by atoms with Crippen molar-refractivity contribution in [2.45, 2.75) is 129 Å². The number of hydrogen-bond acceptors (Lipinski definition) is 5. The molecule has 0 aromatic rings. The number of esters is 2. The van der Waals surface area contributed by atoms with E-state index in [0.29, 0.717) is 48.9 Å². The maximum atomic E-state index is 14.6. The number of carbonyl (C=O) groups excluding carboxylic acids is 2.